The first-order valence-corrected chi connectivity index (χ1v) is 17.7. The van der Waals surface area contributed by atoms with Crippen LogP contribution in [0.2, 0.25) is 0 Å². The Morgan fingerprint density at radius 2 is 1.73 bits per heavy atom. The Labute approximate surface area is 293 Å². The van der Waals surface area contributed by atoms with Crippen LogP contribution in [0.4, 0.5) is 17.6 Å². The molecule has 1 aromatic carbocycles. The van der Waals surface area contributed by atoms with Gasteiger partial charge in [0.15, 0.2) is 11.6 Å². The summed E-state index contributed by atoms with van der Waals surface area (Å²) >= 11 is 0. The van der Waals surface area contributed by atoms with Crippen LogP contribution in [0.3, 0.4) is 0 Å². The predicted molar refractivity (Wildman–Crippen MR) is 180 cm³/mol. The molecular formula is C37H40F4N8O2. The minimum atomic E-state index is -4.51. The van der Waals surface area contributed by atoms with Crippen LogP contribution in [0.15, 0.2) is 61.1 Å². The Balaban J connectivity index is 0.850. The number of hydrazine groups is 1. The molecule has 2 N–H and O–H groups in total. The number of hydrogen-bond acceptors (Lipinski definition) is 8. The Bertz CT molecular complexity index is 1820. The molecule has 51 heavy (non-hydrogen) atoms. The van der Waals surface area contributed by atoms with Gasteiger partial charge in [-0.05, 0) is 79.8 Å². The highest BCUT2D eigenvalue weighted by atomic mass is 19.4. The number of likely N-dealkylation sites (tertiary alicyclic amines) is 2. The van der Waals surface area contributed by atoms with Gasteiger partial charge in [0, 0.05) is 50.0 Å². The first kappa shape index (κ1) is 33.9. The van der Waals surface area contributed by atoms with E-state index in [1.54, 1.807) is 6.07 Å². The monoisotopic (exact) mass is 704 g/mol. The van der Waals surface area contributed by atoms with Crippen LogP contribution in [0.5, 0.6) is 0 Å². The van der Waals surface area contributed by atoms with Crippen LogP contribution in [0, 0.1) is 17.2 Å². The molecule has 4 fully saturated rings. The van der Waals surface area contributed by atoms with E-state index >= 15 is 0 Å². The van der Waals surface area contributed by atoms with Gasteiger partial charge >= 0.3 is 6.18 Å². The number of fused-ring (bicyclic) bond motifs is 1. The average Bonchev–Trinajstić information content (AvgIpc) is 3.85. The van der Waals surface area contributed by atoms with E-state index in [1.165, 1.54) is 11.8 Å². The number of benzene rings is 1. The summed E-state index contributed by atoms with van der Waals surface area (Å²) in [7, 11) is 0. The van der Waals surface area contributed by atoms with Crippen LogP contribution in [0.1, 0.15) is 61.4 Å². The van der Waals surface area contributed by atoms with Crippen molar-refractivity contribution in [3.8, 4) is 11.4 Å². The summed E-state index contributed by atoms with van der Waals surface area (Å²) in [6.07, 6.45) is 5.67. The standard InChI is InChI=1S/C37H40F4N8O2/c38-27-19-43-34(44-20-27)25-3-1-23(2-4-25)24-8-13-48(14-9-24)32(50)21-47-15-10-36(22-47)11-16-49(35(36)51)28-5-6-30-29(18-28)33(46-45-30)26-7-12-42-31(17-26)37(39,40)41/h1-4,7-8,12,17,19-20,28-30,33,45-46H,5-6,9-11,13-16,18,21-22H2/t28?,29?,30?,33?,36-/m0/s1. The molecule has 3 aromatic rings. The topological polar surface area (TPSA) is 107 Å². The van der Waals surface area contributed by atoms with E-state index in [-0.39, 0.29) is 42.4 Å². The fraction of sp³-hybridized carbons (Fsp3) is 0.486. The number of pyridine rings is 1. The third-order valence-electron chi connectivity index (χ3n) is 11.6. The fourth-order valence-corrected chi connectivity index (χ4v) is 8.85. The van der Waals surface area contributed by atoms with Gasteiger partial charge < -0.3 is 9.80 Å². The molecule has 1 saturated carbocycles. The van der Waals surface area contributed by atoms with Gasteiger partial charge in [-0.1, -0.05) is 30.3 Å². The number of nitrogens with zero attached hydrogens (tertiary/aromatic N) is 6. The average molecular weight is 705 g/mol. The maximum absolute atomic E-state index is 14.1. The maximum Gasteiger partial charge on any atom is 0.433 e. The van der Waals surface area contributed by atoms with E-state index in [0.717, 1.165) is 61.7 Å². The smallest absolute Gasteiger partial charge is 0.339 e. The lowest BCUT2D eigenvalue weighted by Crippen LogP contribution is -2.47. The molecular weight excluding hydrogens is 664 g/mol. The number of alkyl halides is 3. The van der Waals surface area contributed by atoms with Crippen LogP contribution in [0.25, 0.3) is 17.0 Å². The van der Waals surface area contributed by atoms with Gasteiger partial charge in [0.05, 0.1) is 30.4 Å². The molecule has 2 amide bonds. The number of nitrogens with one attached hydrogen (secondary N) is 2. The van der Waals surface area contributed by atoms with Gasteiger partial charge in [-0.25, -0.2) is 19.8 Å². The lowest BCUT2D eigenvalue weighted by Gasteiger charge is -2.38. The Hall–Kier alpha value is -4.27. The van der Waals surface area contributed by atoms with Gasteiger partial charge in [-0.2, -0.15) is 13.2 Å². The van der Waals surface area contributed by atoms with Crippen molar-refractivity contribution in [2.45, 2.75) is 62.8 Å². The van der Waals surface area contributed by atoms with Crippen molar-refractivity contribution in [3.63, 3.8) is 0 Å². The van der Waals surface area contributed by atoms with E-state index in [2.05, 4.69) is 36.8 Å². The predicted octanol–water partition coefficient (Wildman–Crippen LogP) is 4.62. The number of hydrogen-bond donors (Lipinski definition) is 2. The second kappa shape index (κ2) is 13.4. The second-order valence-electron chi connectivity index (χ2n) is 14.6. The quantitative estimate of drug-likeness (QED) is 0.359. The van der Waals surface area contributed by atoms with Gasteiger partial charge in [-0.3, -0.25) is 24.9 Å². The summed E-state index contributed by atoms with van der Waals surface area (Å²) in [6, 6.07) is 10.4. The molecule has 3 saturated heterocycles. The van der Waals surface area contributed by atoms with E-state index < -0.39 is 23.1 Å². The first-order valence-electron chi connectivity index (χ1n) is 17.7. The number of carbonyl (C=O) groups excluding carboxylic acids is 2. The van der Waals surface area contributed by atoms with Gasteiger partial charge in [0.2, 0.25) is 11.8 Å². The van der Waals surface area contributed by atoms with Crippen LogP contribution in [-0.2, 0) is 15.8 Å². The zero-order valence-electron chi connectivity index (χ0n) is 28.1. The lowest BCUT2D eigenvalue weighted by molar-refractivity contribution is -0.141. The van der Waals surface area contributed by atoms with Crippen molar-refractivity contribution >= 4 is 17.4 Å². The van der Waals surface area contributed by atoms with Crippen LogP contribution in [-0.4, -0.2) is 92.8 Å². The number of rotatable bonds is 6. The molecule has 0 bridgehead atoms. The molecule has 8 rings (SSSR count). The molecule has 4 aliphatic heterocycles. The zero-order valence-corrected chi connectivity index (χ0v) is 28.1. The highest BCUT2D eigenvalue weighted by Gasteiger charge is 2.54. The third-order valence-corrected chi connectivity index (χ3v) is 11.6. The molecule has 4 unspecified atom stereocenters. The molecule has 5 aliphatic rings. The van der Waals surface area contributed by atoms with Crippen molar-refractivity contribution in [2.24, 2.45) is 11.3 Å². The zero-order chi connectivity index (χ0) is 35.3. The van der Waals surface area contributed by atoms with Crippen molar-refractivity contribution in [3.05, 3.63) is 83.7 Å². The molecule has 10 nitrogen and oxygen atoms in total. The Morgan fingerprint density at radius 1 is 0.961 bits per heavy atom. The molecule has 1 aliphatic carbocycles. The summed E-state index contributed by atoms with van der Waals surface area (Å²) in [6.45, 7) is 3.34. The van der Waals surface area contributed by atoms with Crippen molar-refractivity contribution in [2.75, 3.05) is 39.3 Å². The van der Waals surface area contributed by atoms with E-state index in [0.29, 0.717) is 50.5 Å². The molecule has 2 aromatic heterocycles. The summed E-state index contributed by atoms with van der Waals surface area (Å²) in [5.74, 6) is 0.242. The number of amides is 2. The number of carbonyl (C=O) groups is 2. The third kappa shape index (κ3) is 6.64. The summed E-state index contributed by atoms with van der Waals surface area (Å²) < 4.78 is 53.3. The van der Waals surface area contributed by atoms with Crippen LogP contribution < -0.4 is 10.9 Å². The molecule has 5 atom stereocenters. The van der Waals surface area contributed by atoms with E-state index in [9.17, 15) is 27.2 Å². The van der Waals surface area contributed by atoms with Gasteiger partial charge in [0.1, 0.15) is 5.69 Å². The molecule has 6 heterocycles. The van der Waals surface area contributed by atoms with Crippen molar-refractivity contribution in [1.29, 1.82) is 0 Å². The first-order chi connectivity index (χ1) is 24.6. The Kier molecular flexibility index (Phi) is 8.87. The second-order valence-corrected chi connectivity index (χ2v) is 14.6. The minimum absolute atomic E-state index is 0.0312. The minimum Gasteiger partial charge on any atom is -0.339 e. The van der Waals surface area contributed by atoms with Crippen molar-refractivity contribution in [1.82, 2.24) is 40.5 Å². The molecule has 268 valence electrons. The largest absolute Gasteiger partial charge is 0.433 e. The van der Waals surface area contributed by atoms with E-state index in [4.69, 9.17) is 0 Å². The highest BCUT2D eigenvalue weighted by Crippen LogP contribution is 2.46. The lowest BCUT2D eigenvalue weighted by atomic mass is 9.76. The normalized spacial score (nSPS) is 28.4. The molecule has 0 radical (unpaired) electrons. The Morgan fingerprint density at radius 3 is 2.47 bits per heavy atom. The van der Waals surface area contributed by atoms with E-state index in [1.807, 2.05) is 34.1 Å². The highest BCUT2D eigenvalue weighted by molar-refractivity contribution is 5.86. The van der Waals surface area contributed by atoms with Crippen molar-refractivity contribution < 1.29 is 27.2 Å². The van der Waals surface area contributed by atoms with Crippen LogP contribution >= 0.6 is 0 Å². The fourth-order valence-electron chi connectivity index (χ4n) is 8.85. The SMILES string of the molecule is O=C(CN1CC[C@]2(CCN(C3CCC4NNC(c5ccnc(C(F)(F)F)c5)C4C3)C2=O)C1)N1CC=C(c2ccc(-c3ncc(F)cn3)cc2)CC1. The summed E-state index contributed by atoms with van der Waals surface area (Å²) in [4.78, 5) is 45.1. The summed E-state index contributed by atoms with van der Waals surface area (Å²) in [5.41, 5.74) is 8.71. The van der Waals surface area contributed by atoms with Gasteiger partial charge in [0.25, 0.3) is 0 Å². The number of aromatic nitrogens is 3. The maximum atomic E-state index is 14.1. The molecule has 14 heteroatoms. The van der Waals surface area contributed by atoms with Gasteiger partial charge in [-0.15, -0.1) is 0 Å². The number of halogens is 4. The molecule has 1 spiro atoms. The summed E-state index contributed by atoms with van der Waals surface area (Å²) in [5, 5.41) is 0.